The number of aliphatic hydroxyl groups excluding tert-OH is 1. The second kappa shape index (κ2) is 5.14. The van der Waals surface area contributed by atoms with Gasteiger partial charge in [-0.05, 0) is 25.1 Å². The highest BCUT2D eigenvalue weighted by Crippen LogP contribution is 2.25. The summed E-state index contributed by atoms with van der Waals surface area (Å²) in [7, 11) is 0. The van der Waals surface area contributed by atoms with Gasteiger partial charge in [-0.2, -0.15) is 0 Å². The van der Waals surface area contributed by atoms with Crippen LogP contribution in [0.25, 0.3) is 0 Å². The summed E-state index contributed by atoms with van der Waals surface area (Å²) in [4.78, 5) is 0. The first kappa shape index (κ1) is 13.2. The first-order valence-electron chi connectivity index (χ1n) is 3.94. The fraction of sp³-hybridized carbons (Fsp3) is 0.333. The molecule has 0 aliphatic rings. The lowest BCUT2D eigenvalue weighted by Crippen LogP contribution is -2.23. The first-order valence-corrected chi connectivity index (χ1v) is 3.94. The topological polar surface area (TPSA) is 66.5 Å². The molecule has 0 saturated heterocycles. The summed E-state index contributed by atoms with van der Waals surface area (Å²) in [6.45, 7) is 1.48. The Morgan fingerprint density at radius 1 is 1.43 bits per heavy atom. The van der Waals surface area contributed by atoms with Crippen molar-refractivity contribution in [2.24, 2.45) is 5.73 Å². The Morgan fingerprint density at radius 3 is 2.50 bits per heavy atom. The molecule has 0 heterocycles. The molecule has 0 aromatic heterocycles. The van der Waals surface area contributed by atoms with E-state index < -0.39 is 18.0 Å². The van der Waals surface area contributed by atoms with Crippen LogP contribution in [0.5, 0.6) is 5.75 Å². The van der Waals surface area contributed by atoms with Gasteiger partial charge in [0.1, 0.15) is 11.6 Å². The lowest BCUT2D eigenvalue weighted by Gasteiger charge is -2.16. The summed E-state index contributed by atoms with van der Waals surface area (Å²) in [5.74, 6) is -0.585. The Morgan fingerprint density at radius 2 is 2.00 bits per heavy atom. The predicted molar refractivity (Wildman–Crippen MR) is 53.9 cm³/mol. The smallest absolute Gasteiger partial charge is 0.123 e. The number of nitrogens with two attached hydrogens (primary N) is 1. The van der Waals surface area contributed by atoms with Crippen LogP contribution in [-0.2, 0) is 0 Å². The third kappa shape index (κ3) is 2.83. The molecule has 1 aromatic carbocycles. The van der Waals surface area contributed by atoms with Gasteiger partial charge in [0.05, 0.1) is 12.1 Å². The van der Waals surface area contributed by atoms with E-state index in [0.717, 1.165) is 12.1 Å². The molecular weight excluding hydrogens is 209 g/mol. The van der Waals surface area contributed by atoms with Crippen molar-refractivity contribution in [1.82, 2.24) is 0 Å². The van der Waals surface area contributed by atoms with Crippen LogP contribution in [0.1, 0.15) is 18.5 Å². The van der Waals surface area contributed by atoms with E-state index in [9.17, 15) is 9.50 Å². The van der Waals surface area contributed by atoms with E-state index in [1.807, 2.05) is 0 Å². The summed E-state index contributed by atoms with van der Waals surface area (Å²) in [6.07, 6.45) is -0.826. The van der Waals surface area contributed by atoms with Crippen LogP contribution >= 0.6 is 12.4 Å². The van der Waals surface area contributed by atoms with Crippen LogP contribution in [0, 0.1) is 5.82 Å². The number of aliphatic hydroxyl groups is 1. The quantitative estimate of drug-likeness (QED) is 0.706. The second-order valence-electron chi connectivity index (χ2n) is 2.97. The number of aromatic hydroxyl groups is 1. The van der Waals surface area contributed by atoms with Gasteiger partial charge >= 0.3 is 0 Å². The molecule has 2 atom stereocenters. The van der Waals surface area contributed by atoms with Crippen molar-refractivity contribution in [3.05, 3.63) is 29.6 Å². The van der Waals surface area contributed by atoms with Gasteiger partial charge in [-0.15, -0.1) is 12.4 Å². The molecule has 14 heavy (non-hydrogen) atoms. The first-order chi connectivity index (χ1) is 6.02. The maximum absolute atomic E-state index is 12.7. The molecule has 3 nitrogen and oxygen atoms in total. The Balaban J connectivity index is 0.00000169. The average Bonchev–Trinajstić information content (AvgIpc) is 2.08. The Kier molecular flexibility index (Phi) is 4.83. The molecule has 0 amide bonds. The maximum atomic E-state index is 12.7. The summed E-state index contributed by atoms with van der Waals surface area (Å²) < 4.78 is 12.7. The highest BCUT2D eigenvalue weighted by atomic mass is 35.5. The van der Waals surface area contributed by atoms with Gasteiger partial charge in [0, 0.05) is 5.56 Å². The Hall–Kier alpha value is -0.840. The van der Waals surface area contributed by atoms with E-state index >= 15 is 0 Å². The summed E-state index contributed by atoms with van der Waals surface area (Å²) in [6, 6.07) is 2.70. The molecule has 5 heteroatoms. The molecule has 0 unspecified atom stereocenters. The summed E-state index contributed by atoms with van der Waals surface area (Å²) >= 11 is 0. The standard InChI is InChI=1S/C9H12FNO2.ClH/c1-5(12)9(11)7-4-6(10)2-3-8(7)13;/h2-5,9,12-13H,11H2,1H3;1H/t5-,9-;/m0./s1. The van der Waals surface area contributed by atoms with Crippen molar-refractivity contribution in [3.63, 3.8) is 0 Å². The molecule has 0 saturated carbocycles. The molecular formula is C9H13ClFNO2. The van der Waals surface area contributed by atoms with E-state index in [1.165, 1.54) is 13.0 Å². The fourth-order valence-electron chi connectivity index (χ4n) is 1.05. The number of hydrogen-bond donors (Lipinski definition) is 3. The molecule has 0 spiro atoms. The minimum absolute atomic E-state index is 0. The lowest BCUT2D eigenvalue weighted by atomic mass is 10.0. The van der Waals surface area contributed by atoms with Crippen molar-refractivity contribution in [2.45, 2.75) is 19.1 Å². The van der Waals surface area contributed by atoms with Gasteiger partial charge in [-0.1, -0.05) is 0 Å². The van der Waals surface area contributed by atoms with E-state index in [-0.39, 0.29) is 23.7 Å². The van der Waals surface area contributed by atoms with Crippen molar-refractivity contribution in [1.29, 1.82) is 0 Å². The van der Waals surface area contributed by atoms with Crippen molar-refractivity contribution in [2.75, 3.05) is 0 Å². The highest BCUT2D eigenvalue weighted by molar-refractivity contribution is 5.85. The number of hydrogen-bond acceptors (Lipinski definition) is 3. The zero-order valence-electron chi connectivity index (χ0n) is 7.64. The molecule has 4 N–H and O–H groups in total. The number of phenolic OH excluding ortho intramolecular Hbond substituents is 1. The van der Waals surface area contributed by atoms with Crippen LogP contribution in [0.15, 0.2) is 18.2 Å². The molecule has 1 rings (SSSR count). The SMILES string of the molecule is C[C@H](O)[C@H](N)c1cc(F)ccc1O.Cl. The van der Waals surface area contributed by atoms with Crippen LogP contribution in [0.2, 0.25) is 0 Å². The summed E-state index contributed by atoms with van der Waals surface area (Å²) in [5.41, 5.74) is 5.75. The van der Waals surface area contributed by atoms with Crippen LogP contribution in [0.4, 0.5) is 4.39 Å². The highest BCUT2D eigenvalue weighted by Gasteiger charge is 2.16. The zero-order chi connectivity index (χ0) is 10.0. The van der Waals surface area contributed by atoms with E-state index in [4.69, 9.17) is 10.8 Å². The van der Waals surface area contributed by atoms with Crippen molar-refractivity contribution >= 4 is 12.4 Å². The molecule has 1 aromatic rings. The maximum Gasteiger partial charge on any atom is 0.123 e. The minimum atomic E-state index is -0.826. The summed E-state index contributed by atoms with van der Waals surface area (Å²) in [5, 5.41) is 18.4. The molecule has 0 radical (unpaired) electrons. The van der Waals surface area contributed by atoms with E-state index in [2.05, 4.69) is 0 Å². The Bertz CT molecular complexity index is 307. The fourth-order valence-corrected chi connectivity index (χ4v) is 1.05. The Labute approximate surface area is 87.8 Å². The zero-order valence-corrected chi connectivity index (χ0v) is 8.46. The number of halogens is 2. The third-order valence-electron chi connectivity index (χ3n) is 1.87. The predicted octanol–water partition coefficient (Wildman–Crippen LogP) is 1.33. The van der Waals surface area contributed by atoms with Gasteiger partial charge in [-0.25, -0.2) is 4.39 Å². The van der Waals surface area contributed by atoms with Gasteiger partial charge < -0.3 is 15.9 Å². The molecule has 0 fully saturated rings. The molecule has 0 aliphatic heterocycles. The number of benzene rings is 1. The largest absolute Gasteiger partial charge is 0.508 e. The van der Waals surface area contributed by atoms with Gasteiger partial charge in [0.25, 0.3) is 0 Å². The van der Waals surface area contributed by atoms with Gasteiger partial charge in [-0.3, -0.25) is 0 Å². The monoisotopic (exact) mass is 221 g/mol. The lowest BCUT2D eigenvalue weighted by molar-refractivity contribution is 0.162. The van der Waals surface area contributed by atoms with Crippen LogP contribution in [0.3, 0.4) is 0 Å². The van der Waals surface area contributed by atoms with Crippen molar-refractivity contribution < 1.29 is 14.6 Å². The van der Waals surface area contributed by atoms with Crippen LogP contribution in [-0.4, -0.2) is 16.3 Å². The molecule has 80 valence electrons. The van der Waals surface area contributed by atoms with Gasteiger partial charge in [0.2, 0.25) is 0 Å². The average molecular weight is 222 g/mol. The normalized spacial score (nSPS) is 14.3. The number of rotatable bonds is 2. The molecule has 0 bridgehead atoms. The van der Waals surface area contributed by atoms with E-state index in [1.54, 1.807) is 0 Å². The molecule has 0 aliphatic carbocycles. The second-order valence-corrected chi connectivity index (χ2v) is 2.97. The van der Waals surface area contributed by atoms with Crippen molar-refractivity contribution in [3.8, 4) is 5.75 Å². The minimum Gasteiger partial charge on any atom is -0.508 e. The van der Waals surface area contributed by atoms with E-state index in [0.29, 0.717) is 0 Å². The third-order valence-corrected chi connectivity index (χ3v) is 1.87. The van der Waals surface area contributed by atoms with Crippen LogP contribution < -0.4 is 5.73 Å². The number of phenols is 1. The van der Waals surface area contributed by atoms with Gasteiger partial charge in [0.15, 0.2) is 0 Å².